The van der Waals surface area contributed by atoms with Crippen LogP contribution < -0.4 is 0 Å². The molecule has 0 aliphatic heterocycles. The molecule has 0 aromatic carbocycles. The Morgan fingerprint density at radius 3 is 1.09 bits per heavy atom. The third-order valence-corrected chi connectivity index (χ3v) is 4.77. The molecule has 0 rings (SSSR count). The summed E-state index contributed by atoms with van der Waals surface area (Å²) in [5.74, 6) is -57.2. The van der Waals surface area contributed by atoms with Gasteiger partial charge in [0.2, 0.25) is 0 Å². The Balaban J connectivity index is 6.30. The molecule has 0 aliphatic carbocycles. The van der Waals surface area contributed by atoms with Gasteiger partial charge in [0.05, 0.1) is 6.61 Å². The fourth-order valence-corrected chi connectivity index (χ4v) is 1.95. The van der Waals surface area contributed by atoms with Gasteiger partial charge in [-0.05, 0) is 0 Å². The zero-order valence-electron chi connectivity index (χ0n) is 14.8. The maximum absolute atomic E-state index is 13.5. The predicted octanol–water partition coefficient (Wildman–Crippen LogP) is 8.07. The van der Waals surface area contributed by atoms with Crippen LogP contribution in [-0.4, -0.2) is 64.4 Å². The molecule has 0 saturated carbocycles. The first kappa shape index (κ1) is 33.6. The second-order valence-corrected chi connectivity index (χ2v) is 7.82. The molecule has 34 heavy (non-hydrogen) atoms. The number of ether oxygens (including phenoxy) is 1. The Labute approximate surface area is 190 Å². The van der Waals surface area contributed by atoms with Crippen molar-refractivity contribution in [1.82, 2.24) is 0 Å². The number of rotatable bonds is 11. The van der Waals surface area contributed by atoms with Crippen LogP contribution in [0.3, 0.4) is 0 Å². The minimum atomic E-state index is -8.72. The van der Waals surface area contributed by atoms with Crippen LogP contribution in [-0.2, 0) is 4.74 Å². The molecule has 0 aromatic rings. The summed E-state index contributed by atoms with van der Waals surface area (Å²) in [7, 11) is 0. The molecule has 1 nitrogen and oxygen atoms in total. The predicted molar refractivity (Wildman–Crippen MR) is 76.4 cm³/mol. The Morgan fingerprint density at radius 2 is 0.794 bits per heavy atom. The van der Waals surface area contributed by atoms with Crippen LogP contribution in [0, 0.1) is 0 Å². The molecule has 0 aliphatic rings. The summed E-state index contributed by atoms with van der Waals surface area (Å²) in [6, 6.07) is 0. The van der Waals surface area contributed by atoms with Crippen molar-refractivity contribution in [3.8, 4) is 0 Å². The van der Waals surface area contributed by atoms with Crippen LogP contribution in [0.4, 0.5) is 79.0 Å². The molecule has 0 amide bonds. The van der Waals surface area contributed by atoms with Crippen LogP contribution in [0.2, 0.25) is 0 Å². The second kappa shape index (κ2) is 9.15. The summed E-state index contributed by atoms with van der Waals surface area (Å²) in [5.41, 5.74) is -2.73. The minimum absolute atomic E-state index is 2.14. The monoisotopic (exact) mass is 612 g/mol. The van der Waals surface area contributed by atoms with E-state index in [1.807, 2.05) is 0 Å². The lowest BCUT2D eigenvalue weighted by Crippen LogP contribution is -2.74. The summed E-state index contributed by atoms with van der Waals surface area (Å²) < 4.78 is 234. The molecule has 206 valence electrons. The highest BCUT2D eigenvalue weighted by atomic mass is 35.5. The zero-order valence-corrected chi connectivity index (χ0v) is 17.1. The van der Waals surface area contributed by atoms with Gasteiger partial charge < -0.3 is 4.74 Å². The van der Waals surface area contributed by atoms with E-state index in [9.17, 15) is 79.0 Å². The Kier molecular flexibility index (Phi) is 9.03. The molecule has 0 radical (unpaired) electrons. The number of hydrogen-bond donors (Lipinski definition) is 0. The van der Waals surface area contributed by atoms with Gasteiger partial charge in [-0.1, -0.05) is 34.8 Å². The molecule has 0 aromatic heterocycles. The van der Waals surface area contributed by atoms with E-state index in [0.29, 0.717) is 0 Å². The maximum atomic E-state index is 13.5. The van der Waals surface area contributed by atoms with E-state index in [2.05, 4.69) is 27.9 Å². The van der Waals surface area contributed by atoms with E-state index in [4.69, 9.17) is 11.6 Å². The second-order valence-electron chi connectivity index (χ2n) is 6.13. The lowest BCUT2D eigenvalue weighted by Gasteiger charge is -2.42. The van der Waals surface area contributed by atoms with Gasteiger partial charge in [0.1, 0.15) is 0 Å². The molecule has 22 heteroatoms. The lowest BCUT2D eigenvalue weighted by molar-refractivity contribution is -0.462. The molecule has 0 N–H and O–H groups in total. The van der Waals surface area contributed by atoms with Gasteiger partial charge in [-0.25, -0.2) is 4.39 Å². The third kappa shape index (κ3) is 5.17. The van der Waals surface area contributed by atoms with Crippen molar-refractivity contribution in [2.24, 2.45) is 0 Å². The molecule has 0 fully saturated rings. The first-order valence-electron chi connectivity index (χ1n) is 7.41. The minimum Gasteiger partial charge on any atom is -0.356 e. The van der Waals surface area contributed by atoms with Crippen molar-refractivity contribution in [2.75, 3.05) is 6.61 Å². The zero-order chi connectivity index (χ0) is 28.2. The van der Waals surface area contributed by atoms with Crippen LogP contribution in [0.25, 0.3) is 0 Å². The molecular formula is C12H5Cl3F18O. The van der Waals surface area contributed by atoms with E-state index >= 15 is 0 Å². The van der Waals surface area contributed by atoms with Crippen molar-refractivity contribution < 1.29 is 83.8 Å². The van der Waals surface area contributed by atoms with Gasteiger partial charge >= 0.3 is 47.6 Å². The largest absolute Gasteiger partial charge is 0.460 e. The summed E-state index contributed by atoms with van der Waals surface area (Å²) in [4.78, 5) is 0. The number of halogens is 21. The molecule has 0 spiro atoms. The summed E-state index contributed by atoms with van der Waals surface area (Å²) in [6.45, 7) is -2.14. The summed E-state index contributed by atoms with van der Waals surface area (Å²) >= 11 is 14.1. The van der Waals surface area contributed by atoms with Crippen molar-refractivity contribution >= 4 is 34.8 Å². The van der Waals surface area contributed by atoms with Gasteiger partial charge in [-0.2, -0.15) is 74.6 Å². The topological polar surface area (TPSA) is 9.23 Å². The third-order valence-electron chi connectivity index (χ3n) is 3.72. The van der Waals surface area contributed by atoms with E-state index in [1.165, 1.54) is 0 Å². The van der Waals surface area contributed by atoms with Gasteiger partial charge in [0, 0.05) is 6.42 Å². The van der Waals surface area contributed by atoms with E-state index in [0.717, 1.165) is 0 Å². The van der Waals surface area contributed by atoms with E-state index < -0.39 is 70.8 Å². The van der Waals surface area contributed by atoms with Crippen molar-refractivity contribution in [3.05, 3.63) is 0 Å². The normalized spacial score (nSPS) is 17.2. The first-order chi connectivity index (χ1) is 14.4. The highest BCUT2D eigenvalue weighted by Crippen LogP contribution is 2.64. The van der Waals surface area contributed by atoms with Crippen molar-refractivity contribution in [1.29, 1.82) is 0 Å². The lowest BCUT2D eigenvalue weighted by atomic mass is 9.88. The molecule has 1 unspecified atom stereocenters. The quantitative estimate of drug-likeness (QED) is 0.169. The van der Waals surface area contributed by atoms with Crippen LogP contribution in [0.15, 0.2) is 0 Å². The van der Waals surface area contributed by atoms with Crippen LogP contribution in [0.1, 0.15) is 6.42 Å². The van der Waals surface area contributed by atoms with Crippen LogP contribution >= 0.6 is 34.8 Å². The van der Waals surface area contributed by atoms with E-state index in [1.54, 1.807) is 0 Å². The molecule has 1 atom stereocenters. The standard InChI is InChI=1S/C12H5Cl3F18O/c13-3(5(14,15)18)34-2-1-4(16,17)6(19,20)7(21,22)8(23,24)9(25,26)10(27,28)11(29,30)12(31,32)33/h3H,1-2H2. The average Bonchev–Trinajstić information content (AvgIpc) is 2.58. The summed E-state index contributed by atoms with van der Waals surface area (Å²) in [5, 5.41) is 0. The highest BCUT2D eigenvalue weighted by Gasteiger charge is 2.95. The van der Waals surface area contributed by atoms with Gasteiger partial charge in [0.25, 0.3) is 4.59 Å². The highest BCUT2D eigenvalue weighted by molar-refractivity contribution is 6.50. The summed E-state index contributed by atoms with van der Waals surface area (Å²) in [6.07, 6.45) is -10.8. The Bertz CT molecular complexity index is 712. The van der Waals surface area contributed by atoms with E-state index in [-0.39, 0.29) is 0 Å². The first-order valence-corrected chi connectivity index (χ1v) is 8.61. The van der Waals surface area contributed by atoms with Crippen molar-refractivity contribution in [3.63, 3.8) is 0 Å². The smallest absolute Gasteiger partial charge is 0.356 e. The van der Waals surface area contributed by atoms with Gasteiger partial charge in [0.15, 0.2) is 5.56 Å². The SMILES string of the molecule is FC(Cl)(Cl)C(Cl)OCCC(F)(F)C(F)(F)C(F)(F)C(F)(F)C(F)(F)C(F)(F)C(F)(F)C(F)(F)F. The fraction of sp³-hybridized carbons (Fsp3) is 1.00. The van der Waals surface area contributed by atoms with Gasteiger partial charge in [-0.3, -0.25) is 0 Å². The number of hydrogen-bond acceptors (Lipinski definition) is 1. The van der Waals surface area contributed by atoms with Crippen LogP contribution in [0.5, 0.6) is 0 Å². The number of alkyl halides is 21. The molecule has 0 heterocycles. The fourth-order valence-electron chi connectivity index (χ4n) is 1.74. The molecule has 0 saturated heterocycles. The van der Waals surface area contributed by atoms with Gasteiger partial charge in [-0.15, -0.1) is 0 Å². The molecular weight excluding hydrogens is 608 g/mol. The Morgan fingerprint density at radius 1 is 0.500 bits per heavy atom. The maximum Gasteiger partial charge on any atom is 0.460 e. The van der Waals surface area contributed by atoms with Crippen molar-refractivity contribution in [2.45, 2.75) is 64.2 Å². The average molecular weight is 613 g/mol. The molecule has 0 bridgehead atoms. The Hall–Kier alpha value is -0.430.